The van der Waals surface area contributed by atoms with E-state index in [1.54, 1.807) is 0 Å². The quantitative estimate of drug-likeness (QED) is 0.558. The van der Waals surface area contributed by atoms with Crippen LogP contribution in [0.4, 0.5) is 0 Å². The fraction of sp³-hybridized carbons (Fsp3) is 0.895. The van der Waals surface area contributed by atoms with E-state index in [1.165, 1.54) is 51.4 Å². The second kappa shape index (κ2) is 11.3. The number of nitrogens with zero attached hydrogens (tertiary/aromatic N) is 3. The maximum absolute atomic E-state index is 4.72. The molecule has 1 aliphatic heterocycles. The minimum Gasteiger partial charge on any atom is -0.346 e. The molecule has 0 spiro atoms. The predicted octanol–water partition coefficient (Wildman–Crippen LogP) is 4.11. The molecule has 0 atom stereocenters. The molecule has 1 heterocycles. The van der Waals surface area contributed by atoms with E-state index in [2.05, 4.69) is 50.3 Å². The molecule has 1 aliphatic rings. The van der Waals surface area contributed by atoms with Crippen molar-refractivity contribution in [3.05, 3.63) is 0 Å². The Hall–Kier alpha value is -1.26. The standard InChI is InChI=1S/C19H39N5/c1-6-8-9-10-11-12-13-14-15-20-17-21-18(24(5)16-7-2)23-19(3,4)22-17/h6-16H2,1-5H3,(H2,20,21,22,23). The zero-order chi connectivity index (χ0) is 17.8. The van der Waals surface area contributed by atoms with Crippen LogP contribution in [0.15, 0.2) is 9.98 Å². The minimum atomic E-state index is -0.305. The van der Waals surface area contributed by atoms with Gasteiger partial charge in [-0.15, -0.1) is 0 Å². The Morgan fingerprint density at radius 3 is 2.21 bits per heavy atom. The molecule has 0 unspecified atom stereocenters. The van der Waals surface area contributed by atoms with Gasteiger partial charge in [0.1, 0.15) is 5.66 Å². The molecular weight excluding hydrogens is 298 g/mol. The summed E-state index contributed by atoms with van der Waals surface area (Å²) in [6, 6.07) is 0. The van der Waals surface area contributed by atoms with Crippen molar-refractivity contribution in [1.82, 2.24) is 15.5 Å². The Morgan fingerprint density at radius 2 is 1.58 bits per heavy atom. The third-order valence-corrected chi connectivity index (χ3v) is 4.24. The molecule has 24 heavy (non-hydrogen) atoms. The third-order valence-electron chi connectivity index (χ3n) is 4.24. The van der Waals surface area contributed by atoms with E-state index in [0.717, 1.165) is 31.4 Å². The number of hydrogen-bond acceptors (Lipinski definition) is 3. The number of hydrogen-bond donors (Lipinski definition) is 2. The Morgan fingerprint density at radius 1 is 0.958 bits per heavy atom. The fourth-order valence-electron chi connectivity index (χ4n) is 2.89. The average Bonchev–Trinajstić information content (AvgIpc) is 2.52. The molecule has 1 rings (SSSR count). The Labute approximate surface area is 149 Å². The molecule has 140 valence electrons. The van der Waals surface area contributed by atoms with Gasteiger partial charge in [0.05, 0.1) is 0 Å². The lowest BCUT2D eigenvalue weighted by atomic mass is 10.1. The molecule has 0 saturated carbocycles. The molecule has 0 radical (unpaired) electrons. The van der Waals surface area contributed by atoms with Gasteiger partial charge in [0.2, 0.25) is 5.96 Å². The van der Waals surface area contributed by atoms with Crippen molar-refractivity contribution in [2.75, 3.05) is 20.1 Å². The van der Waals surface area contributed by atoms with E-state index in [1.807, 2.05) is 0 Å². The molecule has 0 amide bonds. The smallest absolute Gasteiger partial charge is 0.202 e. The highest BCUT2D eigenvalue weighted by molar-refractivity contribution is 6.00. The van der Waals surface area contributed by atoms with Crippen LogP contribution in [0, 0.1) is 0 Å². The summed E-state index contributed by atoms with van der Waals surface area (Å²) in [6.45, 7) is 10.5. The van der Waals surface area contributed by atoms with Crippen molar-refractivity contribution in [3.8, 4) is 0 Å². The highest BCUT2D eigenvalue weighted by atomic mass is 15.4. The van der Waals surface area contributed by atoms with Crippen molar-refractivity contribution in [2.24, 2.45) is 9.98 Å². The summed E-state index contributed by atoms with van der Waals surface area (Å²) in [5.41, 5.74) is -0.305. The first-order chi connectivity index (χ1) is 11.5. The largest absolute Gasteiger partial charge is 0.346 e. The summed E-state index contributed by atoms with van der Waals surface area (Å²) in [7, 11) is 2.08. The van der Waals surface area contributed by atoms with Crippen molar-refractivity contribution in [2.45, 2.75) is 91.1 Å². The highest BCUT2D eigenvalue weighted by Gasteiger charge is 2.26. The normalized spacial score (nSPS) is 18.0. The first-order valence-corrected chi connectivity index (χ1v) is 9.89. The lowest BCUT2D eigenvalue weighted by Gasteiger charge is -2.34. The highest BCUT2D eigenvalue weighted by Crippen LogP contribution is 2.10. The van der Waals surface area contributed by atoms with E-state index in [-0.39, 0.29) is 5.66 Å². The first-order valence-electron chi connectivity index (χ1n) is 9.89. The molecule has 0 saturated heterocycles. The Balaban J connectivity index is 2.31. The van der Waals surface area contributed by atoms with Crippen LogP contribution in [0.3, 0.4) is 0 Å². The van der Waals surface area contributed by atoms with E-state index < -0.39 is 0 Å². The lowest BCUT2D eigenvalue weighted by molar-refractivity contribution is 0.422. The van der Waals surface area contributed by atoms with Gasteiger partial charge in [0, 0.05) is 20.1 Å². The number of aliphatic imine (C=N–C) groups is 2. The average molecular weight is 338 g/mol. The number of guanidine groups is 2. The summed E-state index contributed by atoms with van der Waals surface area (Å²) in [6.07, 6.45) is 11.8. The maximum atomic E-state index is 4.72. The van der Waals surface area contributed by atoms with Crippen molar-refractivity contribution in [1.29, 1.82) is 0 Å². The van der Waals surface area contributed by atoms with Crippen LogP contribution in [0.1, 0.15) is 85.5 Å². The second-order valence-electron chi connectivity index (χ2n) is 7.37. The molecule has 0 aromatic carbocycles. The zero-order valence-corrected chi connectivity index (χ0v) is 16.6. The molecule has 0 fully saturated rings. The molecule has 0 aliphatic carbocycles. The van der Waals surface area contributed by atoms with Crippen LogP contribution in [0.2, 0.25) is 0 Å². The molecule has 0 aromatic heterocycles. The molecule has 0 aromatic rings. The first kappa shape index (κ1) is 20.8. The number of rotatable bonds is 11. The maximum Gasteiger partial charge on any atom is 0.202 e. The summed E-state index contributed by atoms with van der Waals surface area (Å²) in [5, 5.41) is 6.70. The molecular formula is C19H39N5. The van der Waals surface area contributed by atoms with Gasteiger partial charge in [0.25, 0.3) is 0 Å². The molecule has 5 heteroatoms. The lowest BCUT2D eigenvalue weighted by Crippen LogP contribution is -2.59. The summed E-state index contributed by atoms with van der Waals surface area (Å²) < 4.78 is 0. The number of unbranched alkanes of at least 4 members (excludes halogenated alkanes) is 7. The van der Waals surface area contributed by atoms with Crippen LogP contribution in [-0.4, -0.2) is 42.6 Å². The summed E-state index contributed by atoms with van der Waals surface area (Å²) >= 11 is 0. The number of nitrogens with one attached hydrogen (secondary N) is 2. The minimum absolute atomic E-state index is 0.305. The van der Waals surface area contributed by atoms with Gasteiger partial charge in [-0.1, -0.05) is 58.8 Å². The van der Waals surface area contributed by atoms with Gasteiger partial charge in [-0.25, -0.2) is 4.99 Å². The van der Waals surface area contributed by atoms with E-state index in [4.69, 9.17) is 9.98 Å². The SMILES string of the molecule is CCCCCCCCCCN=C1NC(N(C)CCC)=NC(C)(C)N1. The van der Waals surface area contributed by atoms with Gasteiger partial charge >= 0.3 is 0 Å². The van der Waals surface area contributed by atoms with Gasteiger partial charge in [0.15, 0.2) is 5.96 Å². The van der Waals surface area contributed by atoms with Gasteiger partial charge in [-0.2, -0.15) is 0 Å². The van der Waals surface area contributed by atoms with Crippen molar-refractivity contribution in [3.63, 3.8) is 0 Å². The third kappa shape index (κ3) is 8.55. The zero-order valence-electron chi connectivity index (χ0n) is 16.6. The predicted molar refractivity (Wildman–Crippen MR) is 106 cm³/mol. The van der Waals surface area contributed by atoms with Gasteiger partial charge < -0.3 is 10.2 Å². The van der Waals surface area contributed by atoms with Gasteiger partial charge in [-0.05, 0) is 26.7 Å². The summed E-state index contributed by atoms with van der Waals surface area (Å²) in [4.78, 5) is 11.6. The molecule has 5 nitrogen and oxygen atoms in total. The summed E-state index contributed by atoms with van der Waals surface area (Å²) in [5.74, 6) is 1.77. The molecule has 2 N–H and O–H groups in total. The topological polar surface area (TPSA) is 52.0 Å². The van der Waals surface area contributed by atoms with Crippen LogP contribution >= 0.6 is 0 Å². The Kier molecular flexibility index (Phi) is 9.80. The van der Waals surface area contributed by atoms with Crippen LogP contribution < -0.4 is 10.6 Å². The van der Waals surface area contributed by atoms with E-state index in [0.29, 0.717) is 0 Å². The van der Waals surface area contributed by atoms with Crippen LogP contribution in [-0.2, 0) is 0 Å². The van der Waals surface area contributed by atoms with Gasteiger partial charge in [-0.3, -0.25) is 10.3 Å². The molecule has 0 bridgehead atoms. The van der Waals surface area contributed by atoms with Crippen molar-refractivity contribution >= 4 is 11.9 Å². The van der Waals surface area contributed by atoms with Crippen molar-refractivity contribution < 1.29 is 0 Å². The Bertz CT molecular complexity index is 401. The van der Waals surface area contributed by atoms with Crippen LogP contribution in [0.5, 0.6) is 0 Å². The monoisotopic (exact) mass is 337 g/mol. The van der Waals surface area contributed by atoms with E-state index in [9.17, 15) is 0 Å². The van der Waals surface area contributed by atoms with Crippen LogP contribution in [0.25, 0.3) is 0 Å². The fourth-order valence-corrected chi connectivity index (χ4v) is 2.89. The van der Waals surface area contributed by atoms with E-state index >= 15 is 0 Å². The second-order valence-corrected chi connectivity index (χ2v) is 7.37.